The van der Waals surface area contributed by atoms with E-state index in [1.165, 1.54) is 22.8 Å². The van der Waals surface area contributed by atoms with Crippen LogP contribution < -0.4 is 0 Å². The van der Waals surface area contributed by atoms with Crippen molar-refractivity contribution in [3.63, 3.8) is 0 Å². The summed E-state index contributed by atoms with van der Waals surface area (Å²) in [6.07, 6.45) is -4.54. The van der Waals surface area contributed by atoms with Crippen molar-refractivity contribution in [1.29, 1.82) is 0 Å². The van der Waals surface area contributed by atoms with Crippen LogP contribution in [0.4, 0.5) is 17.5 Å². The third-order valence-corrected chi connectivity index (χ3v) is 5.36. The molecule has 0 N–H and O–H groups in total. The molecule has 1 aromatic carbocycles. The van der Waals surface area contributed by atoms with Crippen LogP contribution in [-0.4, -0.2) is 28.1 Å². The molecule has 0 saturated heterocycles. The van der Waals surface area contributed by atoms with Crippen LogP contribution in [0.1, 0.15) is 36.4 Å². The summed E-state index contributed by atoms with van der Waals surface area (Å²) in [7, 11) is -1.72. The summed E-state index contributed by atoms with van der Waals surface area (Å²) in [5, 5.41) is 0. The maximum Gasteiger partial charge on any atom is 0.846 e. The zero-order valence-electron chi connectivity index (χ0n) is 15.4. The van der Waals surface area contributed by atoms with E-state index in [0.29, 0.717) is 22.7 Å². The van der Waals surface area contributed by atoms with Crippen LogP contribution >= 0.6 is 0 Å². The van der Waals surface area contributed by atoms with E-state index >= 15 is 4.32 Å². The molecule has 0 spiro atoms. The SMILES string of the molecule is CC1=C(C(F)(F)F)C(C)=[N+]2B(F)n3c(C)cc(C)c3C(c3ccccc3)=C12. The predicted molar refractivity (Wildman–Crippen MR) is 98.3 cm³/mol. The van der Waals surface area contributed by atoms with Gasteiger partial charge in [0.15, 0.2) is 11.4 Å². The Balaban J connectivity index is 2.18. The molecule has 138 valence electrons. The normalized spacial score (nSPS) is 17.1. The summed E-state index contributed by atoms with van der Waals surface area (Å²) in [6, 6.07) is 11.1. The number of alkyl halides is 3. The second-order valence-corrected chi connectivity index (χ2v) is 7.04. The zero-order chi connectivity index (χ0) is 19.7. The Kier molecular flexibility index (Phi) is 3.77. The third kappa shape index (κ3) is 2.37. The van der Waals surface area contributed by atoms with E-state index in [9.17, 15) is 13.2 Å². The lowest BCUT2D eigenvalue weighted by molar-refractivity contribution is -0.337. The van der Waals surface area contributed by atoms with Crippen LogP contribution in [0.5, 0.6) is 0 Å². The van der Waals surface area contributed by atoms with E-state index in [0.717, 1.165) is 11.1 Å². The molecule has 1 aromatic heterocycles. The summed E-state index contributed by atoms with van der Waals surface area (Å²) in [6.45, 7) is 6.40. The summed E-state index contributed by atoms with van der Waals surface area (Å²) in [5.41, 5.74) is 3.04. The van der Waals surface area contributed by atoms with E-state index < -0.39 is 19.0 Å². The fourth-order valence-electron chi connectivity index (χ4n) is 4.37. The van der Waals surface area contributed by atoms with Gasteiger partial charge in [-0.3, -0.25) is 4.48 Å². The molecule has 0 fully saturated rings. The average molecular weight is 373 g/mol. The second kappa shape index (κ2) is 5.71. The second-order valence-electron chi connectivity index (χ2n) is 7.04. The number of rotatable bonds is 1. The van der Waals surface area contributed by atoms with Crippen LogP contribution in [0.2, 0.25) is 0 Å². The molecule has 27 heavy (non-hydrogen) atoms. The largest absolute Gasteiger partial charge is 0.846 e. The molecule has 0 amide bonds. The maximum atomic E-state index is 15.5. The number of aryl methyl sites for hydroxylation is 2. The van der Waals surface area contributed by atoms with Gasteiger partial charge in [-0.1, -0.05) is 30.3 Å². The first-order chi connectivity index (χ1) is 12.6. The minimum Gasteiger partial charge on any atom is -0.290 e. The van der Waals surface area contributed by atoms with Crippen LogP contribution in [0.3, 0.4) is 0 Å². The van der Waals surface area contributed by atoms with Gasteiger partial charge >= 0.3 is 13.4 Å². The molecule has 7 heteroatoms. The molecule has 0 unspecified atom stereocenters. The van der Waals surface area contributed by atoms with Crippen LogP contribution in [0, 0.1) is 13.8 Å². The number of hydrogen-bond acceptors (Lipinski definition) is 0. The highest BCUT2D eigenvalue weighted by atomic mass is 19.4. The molecule has 3 heterocycles. The van der Waals surface area contributed by atoms with Crippen molar-refractivity contribution in [3.05, 3.63) is 75.8 Å². The topological polar surface area (TPSA) is 7.94 Å². The molecule has 2 aliphatic rings. The van der Waals surface area contributed by atoms with Gasteiger partial charge in [0.2, 0.25) is 0 Å². The molecule has 0 atom stereocenters. The quantitative estimate of drug-likeness (QED) is 0.489. The highest BCUT2D eigenvalue weighted by molar-refractivity contribution is 6.44. The van der Waals surface area contributed by atoms with E-state index in [1.807, 2.05) is 43.3 Å². The van der Waals surface area contributed by atoms with E-state index in [-0.39, 0.29) is 11.3 Å². The Bertz CT molecular complexity index is 1060. The molecule has 4 rings (SSSR count). The molecule has 0 radical (unpaired) electrons. The molecule has 2 aliphatic heterocycles. The first-order valence-electron chi connectivity index (χ1n) is 8.68. The number of halogens is 4. The lowest BCUT2D eigenvalue weighted by Crippen LogP contribution is -2.41. The Morgan fingerprint density at radius 2 is 1.63 bits per heavy atom. The van der Waals surface area contributed by atoms with Gasteiger partial charge in [0, 0.05) is 18.2 Å². The van der Waals surface area contributed by atoms with Crippen molar-refractivity contribution >= 4 is 18.5 Å². The molecular formula is C20H18BF4N2+. The van der Waals surface area contributed by atoms with Gasteiger partial charge in [0.05, 0.1) is 11.3 Å². The molecular weight excluding hydrogens is 355 g/mol. The molecule has 0 saturated carbocycles. The summed E-state index contributed by atoms with van der Waals surface area (Å²) < 4.78 is 59.3. The lowest BCUT2D eigenvalue weighted by Gasteiger charge is -2.22. The highest BCUT2D eigenvalue weighted by Gasteiger charge is 2.57. The van der Waals surface area contributed by atoms with Crippen molar-refractivity contribution in [2.75, 3.05) is 0 Å². The number of hydrogen-bond donors (Lipinski definition) is 0. The van der Waals surface area contributed by atoms with Crippen molar-refractivity contribution in [3.8, 4) is 0 Å². The Hall–Kier alpha value is -2.57. The Labute approximate surface area is 155 Å². The Morgan fingerprint density at radius 1 is 1.00 bits per heavy atom. The average Bonchev–Trinajstić information content (AvgIpc) is 3.03. The van der Waals surface area contributed by atoms with Gasteiger partial charge in [0.25, 0.3) is 0 Å². The van der Waals surface area contributed by atoms with Gasteiger partial charge in [0.1, 0.15) is 5.57 Å². The summed E-state index contributed by atoms with van der Waals surface area (Å²) in [4.78, 5) is 0. The number of benzene rings is 1. The minimum absolute atomic E-state index is 0.0611. The van der Waals surface area contributed by atoms with Gasteiger partial charge in [-0.25, -0.2) is 8.80 Å². The van der Waals surface area contributed by atoms with Crippen LogP contribution in [-0.2, 0) is 0 Å². The van der Waals surface area contributed by atoms with Crippen LogP contribution in [0.25, 0.3) is 5.57 Å². The van der Waals surface area contributed by atoms with E-state index in [1.54, 1.807) is 6.92 Å². The van der Waals surface area contributed by atoms with Gasteiger partial charge in [-0.05, 0) is 38.0 Å². The first-order valence-corrected chi connectivity index (χ1v) is 8.68. The molecule has 2 nitrogen and oxygen atoms in total. The molecule has 0 aliphatic carbocycles. The number of fused-ring (bicyclic) bond motifs is 2. The van der Waals surface area contributed by atoms with Crippen LogP contribution in [0.15, 0.2) is 53.2 Å². The monoisotopic (exact) mass is 373 g/mol. The van der Waals surface area contributed by atoms with Crippen molar-refractivity contribution in [2.24, 2.45) is 0 Å². The fourth-order valence-corrected chi connectivity index (χ4v) is 4.37. The van der Waals surface area contributed by atoms with Crippen molar-refractivity contribution in [1.82, 2.24) is 4.48 Å². The third-order valence-electron chi connectivity index (χ3n) is 5.36. The summed E-state index contributed by atoms with van der Waals surface area (Å²) in [5.74, 6) is 0. The number of allylic oxidation sites excluding steroid dienone is 2. The van der Waals surface area contributed by atoms with E-state index in [2.05, 4.69) is 0 Å². The van der Waals surface area contributed by atoms with Gasteiger partial charge in [-0.2, -0.15) is 13.2 Å². The van der Waals surface area contributed by atoms with E-state index in [4.69, 9.17) is 0 Å². The van der Waals surface area contributed by atoms with Crippen molar-refractivity contribution in [2.45, 2.75) is 33.9 Å². The number of aromatic nitrogens is 1. The first kappa shape index (κ1) is 17.8. The predicted octanol–water partition coefficient (Wildman–Crippen LogP) is 5.05. The van der Waals surface area contributed by atoms with Gasteiger partial charge in [-0.15, -0.1) is 0 Å². The zero-order valence-corrected chi connectivity index (χ0v) is 15.4. The van der Waals surface area contributed by atoms with Crippen molar-refractivity contribution < 1.29 is 22.0 Å². The smallest absolute Gasteiger partial charge is 0.290 e. The molecule has 2 aromatic rings. The standard InChI is InChI=1S/C20H18BF4N2/c1-11-10-12(2)26-18(11)16(15-8-6-5-7-9-15)19-13(3)17(20(22,23)24)14(4)27(19)21(26)25/h5-10H,1-4H3/q+1. The van der Waals surface area contributed by atoms with Gasteiger partial charge < -0.3 is 0 Å². The maximum absolute atomic E-state index is 15.5. The lowest BCUT2D eigenvalue weighted by atomic mass is 9.87. The summed E-state index contributed by atoms with van der Waals surface area (Å²) >= 11 is 0. The minimum atomic E-state index is -4.54. The Morgan fingerprint density at radius 3 is 2.22 bits per heavy atom. The fraction of sp³-hybridized carbons (Fsp3) is 0.250. The highest BCUT2D eigenvalue weighted by Crippen LogP contribution is 2.45. The number of nitrogens with zero attached hydrogens (tertiary/aromatic N) is 2. The molecule has 0 bridgehead atoms.